The van der Waals surface area contributed by atoms with E-state index in [4.69, 9.17) is 5.11 Å². The molecule has 25 heavy (non-hydrogen) atoms. The number of amides is 1. The molecule has 0 unspecified atom stereocenters. The zero-order chi connectivity index (χ0) is 18.0. The zero-order valence-corrected chi connectivity index (χ0v) is 13.2. The predicted molar refractivity (Wildman–Crippen MR) is 86.4 cm³/mol. The van der Waals surface area contributed by atoms with Crippen LogP contribution in [0, 0.1) is 16.0 Å². The van der Waals surface area contributed by atoms with Crippen LogP contribution in [0.5, 0.6) is 0 Å². The van der Waals surface area contributed by atoms with E-state index < -0.39 is 28.8 Å². The standard InChI is InChI=1S/C16H16N4O5/c21-15(17-11-5-3-4-10(11)16(22)23)12-8-9-19(18-12)13-6-1-2-7-14(13)20(24)25/h1-2,6-11H,3-5H2,(H,17,21)(H,22,23)/t10-,11+/m1/s1. The molecule has 1 saturated carbocycles. The molecule has 2 atom stereocenters. The minimum absolute atomic E-state index is 0.0780. The van der Waals surface area contributed by atoms with Crippen LogP contribution >= 0.6 is 0 Å². The molecule has 9 heteroatoms. The lowest BCUT2D eigenvalue weighted by Gasteiger charge is -2.16. The van der Waals surface area contributed by atoms with Gasteiger partial charge in [-0.2, -0.15) is 5.10 Å². The number of nitrogens with zero attached hydrogens (tertiary/aromatic N) is 3. The summed E-state index contributed by atoms with van der Waals surface area (Å²) in [4.78, 5) is 34.1. The van der Waals surface area contributed by atoms with Crippen molar-refractivity contribution < 1.29 is 19.6 Å². The van der Waals surface area contributed by atoms with Crippen LogP contribution < -0.4 is 5.32 Å². The van der Waals surface area contributed by atoms with E-state index in [1.807, 2.05) is 0 Å². The molecule has 2 N–H and O–H groups in total. The summed E-state index contributed by atoms with van der Waals surface area (Å²) >= 11 is 0. The first-order valence-corrected chi connectivity index (χ1v) is 7.80. The number of aliphatic carboxylic acids is 1. The molecule has 1 heterocycles. The number of carbonyl (C=O) groups excluding carboxylic acids is 1. The van der Waals surface area contributed by atoms with Crippen molar-refractivity contribution in [2.24, 2.45) is 5.92 Å². The second-order valence-electron chi connectivity index (χ2n) is 5.85. The van der Waals surface area contributed by atoms with Gasteiger partial charge in [0.25, 0.3) is 11.6 Å². The molecular weight excluding hydrogens is 328 g/mol. The fraction of sp³-hybridized carbons (Fsp3) is 0.312. The maximum Gasteiger partial charge on any atom is 0.308 e. The monoisotopic (exact) mass is 344 g/mol. The summed E-state index contributed by atoms with van der Waals surface area (Å²) in [6, 6.07) is 7.08. The molecule has 1 fully saturated rings. The van der Waals surface area contributed by atoms with Crippen LogP contribution in [0.25, 0.3) is 5.69 Å². The van der Waals surface area contributed by atoms with Crippen molar-refractivity contribution in [3.63, 3.8) is 0 Å². The van der Waals surface area contributed by atoms with Gasteiger partial charge in [0.05, 0.1) is 10.8 Å². The van der Waals surface area contributed by atoms with Crippen molar-refractivity contribution in [3.8, 4) is 5.69 Å². The van der Waals surface area contributed by atoms with Gasteiger partial charge in [-0.05, 0) is 25.0 Å². The van der Waals surface area contributed by atoms with E-state index in [-0.39, 0.29) is 17.1 Å². The number of nitro benzene ring substituents is 1. The number of benzene rings is 1. The van der Waals surface area contributed by atoms with Crippen LogP contribution in [0.4, 0.5) is 5.69 Å². The van der Waals surface area contributed by atoms with E-state index in [1.54, 1.807) is 12.1 Å². The van der Waals surface area contributed by atoms with Gasteiger partial charge in [0.1, 0.15) is 5.69 Å². The highest BCUT2D eigenvalue weighted by atomic mass is 16.6. The molecule has 0 bridgehead atoms. The van der Waals surface area contributed by atoms with E-state index in [0.717, 1.165) is 6.42 Å². The number of para-hydroxylation sites is 2. The second kappa shape index (κ2) is 6.71. The molecule has 0 radical (unpaired) electrons. The fourth-order valence-electron chi connectivity index (χ4n) is 3.06. The Morgan fingerprint density at radius 1 is 1.28 bits per heavy atom. The van der Waals surface area contributed by atoms with E-state index in [2.05, 4.69) is 10.4 Å². The van der Waals surface area contributed by atoms with Crippen LogP contribution in [0.3, 0.4) is 0 Å². The Bertz CT molecular complexity index is 831. The molecule has 1 aromatic carbocycles. The number of rotatable bonds is 5. The first-order valence-electron chi connectivity index (χ1n) is 7.80. The Balaban J connectivity index is 1.79. The van der Waals surface area contributed by atoms with Crippen LogP contribution in [0.15, 0.2) is 36.5 Å². The van der Waals surface area contributed by atoms with Crippen molar-refractivity contribution in [2.45, 2.75) is 25.3 Å². The number of aromatic nitrogens is 2. The average molecular weight is 344 g/mol. The van der Waals surface area contributed by atoms with Gasteiger partial charge in [0, 0.05) is 18.3 Å². The SMILES string of the molecule is O=C(N[C@H]1CCC[C@H]1C(=O)O)c1ccn(-c2ccccc2[N+](=O)[O-])n1. The number of carbonyl (C=O) groups is 2. The quantitative estimate of drug-likeness (QED) is 0.628. The molecule has 2 aromatic rings. The van der Waals surface area contributed by atoms with Gasteiger partial charge >= 0.3 is 5.97 Å². The molecule has 1 amide bonds. The molecule has 0 spiro atoms. The van der Waals surface area contributed by atoms with E-state index in [0.29, 0.717) is 12.8 Å². The minimum atomic E-state index is -0.923. The van der Waals surface area contributed by atoms with Crippen LogP contribution in [-0.2, 0) is 4.79 Å². The summed E-state index contributed by atoms with van der Waals surface area (Å²) < 4.78 is 1.26. The first-order chi connectivity index (χ1) is 12.0. The van der Waals surface area contributed by atoms with E-state index in [9.17, 15) is 19.7 Å². The molecule has 0 saturated heterocycles. The summed E-state index contributed by atoms with van der Waals surface area (Å²) in [6.07, 6.45) is 3.34. The van der Waals surface area contributed by atoms with Crippen LogP contribution in [-0.4, -0.2) is 37.7 Å². The summed E-state index contributed by atoms with van der Waals surface area (Å²) in [5.41, 5.74) is 0.198. The first kappa shape index (κ1) is 16.6. The van der Waals surface area contributed by atoms with Crippen molar-refractivity contribution in [1.82, 2.24) is 15.1 Å². The largest absolute Gasteiger partial charge is 0.481 e. The maximum atomic E-state index is 12.3. The second-order valence-corrected chi connectivity index (χ2v) is 5.85. The lowest BCUT2D eigenvalue weighted by molar-refractivity contribution is -0.384. The minimum Gasteiger partial charge on any atom is -0.481 e. The molecule has 1 aliphatic rings. The summed E-state index contributed by atoms with van der Waals surface area (Å²) in [6.45, 7) is 0. The molecule has 130 valence electrons. The summed E-state index contributed by atoms with van der Waals surface area (Å²) in [7, 11) is 0. The number of hydrogen-bond acceptors (Lipinski definition) is 5. The van der Waals surface area contributed by atoms with Gasteiger partial charge in [-0.25, -0.2) is 4.68 Å². The third kappa shape index (κ3) is 3.35. The highest BCUT2D eigenvalue weighted by molar-refractivity contribution is 5.92. The number of nitrogens with one attached hydrogen (secondary N) is 1. The van der Waals surface area contributed by atoms with Crippen molar-refractivity contribution in [1.29, 1.82) is 0 Å². The normalized spacial score (nSPS) is 19.5. The van der Waals surface area contributed by atoms with Gasteiger partial charge < -0.3 is 10.4 Å². The van der Waals surface area contributed by atoms with Crippen LogP contribution in [0.1, 0.15) is 29.8 Å². The van der Waals surface area contributed by atoms with E-state index >= 15 is 0 Å². The molecule has 1 aromatic heterocycles. The number of hydrogen-bond donors (Lipinski definition) is 2. The number of nitro groups is 1. The fourth-order valence-corrected chi connectivity index (χ4v) is 3.06. The highest BCUT2D eigenvalue weighted by Crippen LogP contribution is 2.26. The Morgan fingerprint density at radius 3 is 2.76 bits per heavy atom. The lowest BCUT2D eigenvalue weighted by Crippen LogP contribution is -2.40. The molecule has 1 aliphatic carbocycles. The molecular formula is C16H16N4O5. The molecule has 9 nitrogen and oxygen atoms in total. The maximum absolute atomic E-state index is 12.3. The molecule has 3 rings (SSSR count). The number of carboxylic acid groups (broad SMARTS) is 1. The predicted octanol–water partition coefficient (Wildman–Crippen LogP) is 1.76. The Kier molecular flexibility index (Phi) is 4.46. The Labute approximate surface area is 142 Å². The van der Waals surface area contributed by atoms with Gasteiger partial charge in [-0.3, -0.25) is 19.7 Å². The summed E-state index contributed by atoms with van der Waals surface area (Å²) in [5.74, 6) is -2.01. The number of carboxylic acids is 1. The zero-order valence-electron chi connectivity index (χ0n) is 13.2. The smallest absolute Gasteiger partial charge is 0.308 e. The highest BCUT2D eigenvalue weighted by Gasteiger charge is 2.34. The average Bonchev–Trinajstić information content (AvgIpc) is 3.24. The Morgan fingerprint density at radius 2 is 2.04 bits per heavy atom. The summed E-state index contributed by atoms with van der Waals surface area (Å²) in [5, 5.41) is 27.1. The van der Waals surface area contributed by atoms with Crippen molar-refractivity contribution in [2.75, 3.05) is 0 Å². The Hall–Kier alpha value is -3.23. The van der Waals surface area contributed by atoms with E-state index in [1.165, 1.54) is 29.1 Å². The van der Waals surface area contributed by atoms with Crippen LogP contribution in [0.2, 0.25) is 0 Å². The van der Waals surface area contributed by atoms with Gasteiger partial charge in [0.2, 0.25) is 0 Å². The van der Waals surface area contributed by atoms with Crippen molar-refractivity contribution >= 4 is 17.6 Å². The molecule has 0 aliphatic heterocycles. The van der Waals surface area contributed by atoms with Gasteiger partial charge in [0.15, 0.2) is 5.69 Å². The van der Waals surface area contributed by atoms with Crippen molar-refractivity contribution in [3.05, 3.63) is 52.3 Å². The van der Waals surface area contributed by atoms with Gasteiger partial charge in [-0.15, -0.1) is 0 Å². The third-order valence-corrected chi connectivity index (χ3v) is 4.30. The lowest BCUT2D eigenvalue weighted by atomic mass is 10.0. The topological polar surface area (TPSA) is 127 Å². The van der Waals surface area contributed by atoms with Gasteiger partial charge in [-0.1, -0.05) is 18.6 Å². The third-order valence-electron chi connectivity index (χ3n) is 4.30.